The first-order valence-electron chi connectivity index (χ1n) is 8.62. The van der Waals surface area contributed by atoms with Gasteiger partial charge in [-0.25, -0.2) is 0 Å². The first-order chi connectivity index (χ1) is 12.9. The van der Waals surface area contributed by atoms with E-state index in [9.17, 15) is 0 Å². The molecule has 26 heavy (non-hydrogen) atoms. The van der Waals surface area contributed by atoms with Gasteiger partial charge in [-0.3, -0.25) is 0 Å². The molecular formula is C23H21NO2. The second-order valence-corrected chi connectivity index (χ2v) is 5.93. The van der Waals surface area contributed by atoms with Crippen LogP contribution in [0.2, 0.25) is 0 Å². The van der Waals surface area contributed by atoms with Gasteiger partial charge in [0.15, 0.2) is 0 Å². The lowest BCUT2D eigenvalue weighted by molar-refractivity contribution is -0.0767. The Balaban J connectivity index is 1.90. The summed E-state index contributed by atoms with van der Waals surface area (Å²) in [6.07, 6.45) is -0.672. The number of benzene rings is 3. The highest BCUT2D eigenvalue weighted by Crippen LogP contribution is 2.35. The maximum absolute atomic E-state index is 9.01. The van der Waals surface area contributed by atoms with E-state index in [2.05, 4.69) is 6.07 Å². The Kier molecular flexibility index (Phi) is 6.55. The minimum Gasteiger partial charge on any atom is -0.366 e. The van der Waals surface area contributed by atoms with Gasteiger partial charge in [0.05, 0.1) is 12.7 Å². The third-order valence-electron chi connectivity index (χ3n) is 4.13. The number of hydrogen-bond acceptors (Lipinski definition) is 3. The summed E-state index contributed by atoms with van der Waals surface area (Å²) in [5.74, 6) is 0. The second kappa shape index (κ2) is 9.53. The Morgan fingerprint density at radius 2 is 1.12 bits per heavy atom. The van der Waals surface area contributed by atoms with E-state index in [4.69, 9.17) is 14.7 Å². The zero-order valence-corrected chi connectivity index (χ0v) is 14.5. The lowest BCUT2D eigenvalue weighted by Crippen LogP contribution is -2.18. The van der Waals surface area contributed by atoms with Crippen LogP contribution in [0, 0.1) is 11.3 Å². The molecule has 3 heteroatoms. The van der Waals surface area contributed by atoms with Crippen LogP contribution >= 0.6 is 0 Å². The highest BCUT2D eigenvalue weighted by Gasteiger charge is 2.26. The molecule has 3 aromatic rings. The van der Waals surface area contributed by atoms with Crippen LogP contribution in [-0.2, 0) is 16.1 Å². The Morgan fingerprint density at radius 3 is 1.62 bits per heavy atom. The van der Waals surface area contributed by atoms with E-state index >= 15 is 0 Å². The van der Waals surface area contributed by atoms with Crippen molar-refractivity contribution in [2.45, 2.75) is 18.8 Å². The molecule has 0 aromatic heterocycles. The van der Waals surface area contributed by atoms with Gasteiger partial charge in [-0.05, 0) is 16.7 Å². The topological polar surface area (TPSA) is 42.2 Å². The monoisotopic (exact) mass is 343 g/mol. The average molecular weight is 343 g/mol. The van der Waals surface area contributed by atoms with Crippen LogP contribution in [0.15, 0.2) is 91.0 Å². The maximum Gasteiger partial charge on any atom is 0.134 e. The zero-order valence-electron chi connectivity index (χ0n) is 14.5. The molecule has 0 N–H and O–H groups in total. The molecule has 0 unspecified atom stereocenters. The molecule has 0 bridgehead atoms. The summed E-state index contributed by atoms with van der Waals surface area (Å²) in [7, 11) is 0. The van der Waals surface area contributed by atoms with Gasteiger partial charge < -0.3 is 9.47 Å². The molecule has 3 rings (SSSR count). The SMILES string of the molecule is N#CCO[C@H](c1ccccc1)[C@H](OCc1ccccc1)c1ccccc1. The van der Waals surface area contributed by atoms with Crippen molar-refractivity contribution < 1.29 is 9.47 Å². The third kappa shape index (κ3) is 4.80. The van der Waals surface area contributed by atoms with E-state index in [1.54, 1.807) is 0 Å². The Labute approximate surface area is 154 Å². The number of ether oxygens (including phenoxy) is 2. The van der Waals surface area contributed by atoms with Crippen LogP contribution < -0.4 is 0 Å². The van der Waals surface area contributed by atoms with Crippen LogP contribution in [0.25, 0.3) is 0 Å². The lowest BCUT2D eigenvalue weighted by atomic mass is 9.98. The van der Waals surface area contributed by atoms with Crippen molar-refractivity contribution >= 4 is 0 Å². The highest BCUT2D eigenvalue weighted by atomic mass is 16.5. The summed E-state index contributed by atoms with van der Waals surface area (Å²) in [6, 6.07) is 32.0. The van der Waals surface area contributed by atoms with Crippen molar-refractivity contribution in [3.05, 3.63) is 108 Å². The van der Waals surface area contributed by atoms with Gasteiger partial charge >= 0.3 is 0 Å². The number of hydrogen-bond donors (Lipinski definition) is 0. The van der Waals surface area contributed by atoms with Crippen molar-refractivity contribution in [1.82, 2.24) is 0 Å². The zero-order chi connectivity index (χ0) is 18.0. The fourth-order valence-corrected chi connectivity index (χ4v) is 2.89. The molecule has 0 aliphatic rings. The first-order valence-corrected chi connectivity index (χ1v) is 8.62. The van der Waals surface area contributed by atoms with Gasteiger partial charge in [-0.15, -0.1) is 0 Å². The molecule has 0 amide bonds. The summed E-state index contributed by atoms with van der Waals surface area (Å²) < 4.78 is 12.2. The number of nitriles is 1. The van der Waals surface area contributed by atoms with Crippen molar-refractivity contribution in [3.63, 3.8) is 0 Å². The molecule has 0 spiro atoms. The Morgan fingerprint density at radius 1 is 0.654 bits per heavy atom. The molecule has 0 saturated carbocycles. The molecule has 3 aromatic carbocycles. The Bertz CT molecular complexity index is 813. The fraction of sp³-hybridized carbons (Fsp3) is 0.174. The van der Waals surface area contributed by atoms with Gasteiger partial charge in [0.1, 0.15) is 18.8 Å². The second-order valence-electron chi connectivity index (χ2n) is 5.93. The van der Waals surface area contributed by atoms with Crippen molar-refractivity contribution in [1.29, 1.82) is 5.26 Å². The Hall–Kier alpha value is -2.93. The van der Waals surface area contributed by atoms with Crippen LogP contribution in [0.5, 0.6) is 0 Å². The molecular weight excluding hydrogens is 322 g/mol. The predicted octanol–water partition coefficient (Wildman–Crippen LogP) is 5.23. The van der Waals surface area contributed by atoms with Gasteiger partial charge in [-0.2, -0.15) is 5.26 Å². The van der Waals surface area contributed by atoms with Gasteiger partial charge in [0.25, 0.3) is 0 Å². The minimum atomic E-state index is -0.359. The molecule has 0 fully saturated rings. The largest absolute Gasteiger partial charge is 0.366 e. The van der Waals surface area contributed by atoms with E-state index in [-0.39, 0.29) is 18.8 Å². The third-order valence-corrected chi connectivity index (χ3v) is 4.13. The minimum absolute atomic E-state index is 0.0115. The molecule has 0 aliphatic carbocycles. The highest BCUT2D eigenvalue weighted by molar-refractivity contribution is 5.26. The molecule has 0 radical (unpaired) electrons. The summed E-state index contributed by atoms with van der Waals surface area (Å²) >= 11 is 0. The molecule has 2 atom stereocenters. The molecule has 130 valence electrons. The summed E-state index contributed by atoms with van der Waals surface area (Å²) in [5.41, 5.74) is 3.11. The van der Waals surface area contributed by atoms with Crippen LogP contribution in [-0.4, -0.2) is 6.61 Å². The predicted molar refractivity (Wildman–Crippen MR) is 101 cm³/mol. The molecule has 0 aliphatic heterocycles. The van der Waals surface area contributed by atoms with Crippen LogP contribution in [0.1, 0.15) is 28.9 Å². The smallest absolute Gasteiger partial charge is 0.134 e. The van der Waals surface area contributed by atoms with Crippen molar-refractivity contribution in [2.24, 2.45) is 0 Å². The normalized spacial score (nSPS) is 12.9. The van der Waals surface area contributed by atoms with E-state index in [0.717, 1.165) is 16.7 Å². The summed E-state index contributed by atoms with van der Waals surface area (Å²) in [5, 5.41) is 9.01. The van der Waals surface area contributed by atoms with Gasteiger partial charge in [0, 0.05) is 0 Å². The number of nitrogens with zero attached hydrogens (tertiary/aromatic N) is 1. The van der Waals surface area contributed by atoms with Crippen LogP contribution in [0.4, 0.5) is 0 Å². The number of rotatable bonds is 8. The molecule has 0 saturated heterocycles. The van der Waals surface area contributed by atoms with Crippen LogP contribution in [0.3, 0.4) is 0 Å². The maximum atomic E-state index is 9.01. The first kappa shape index (κ1) is 17.9. The average Bonchev–Trinajstić information content (AvgIpc) is 2.72. The fourth-order valence-electron chi connectivity index (χ4n) is 2.89. The standard InChI is InChI=1S/C23H21NO2/c24-16-17-25-22(20-12-6-2-7-13-20)23(21-14-8-3-9-15-21)26-18-19-10-4-1-5-11-19/h1-15,22-23H,17-18H2/t22-,23-/m1/s1. The van der Waals surface area contributed by atoms with Crippen molar-refractivity contribution in [3.8, 4) is 6.07 Å². The van der Waals surface area contributed by atoms with Crippen molar-refractivity contribution in [2.75, 3.05) is 6.61 Å². The summed E-state index contributed by atoms with van der Waals surface area (Å²) in [6.45, 7) is 0.483. The molecule has 3 nitrogen and oxygen atoms in total. The van der Waals surface area contributed by atoms with E-state index in [1.165, 1.54) is 0 Å². The van der Waals surface area contributed by atoms with E-state index < -0.39 is 0 Å². The van der Waals surface area contributed by atoms with Gasteiger partial charge in [0.2, 0.25) is 0 Å². The van der Waals surface area contributed by atoms with Gasteiger partial charge in [-0.1, -0.05) is 91.0 Å². The van der Waals surface area contributed by atoms with E-state index in [0.29, 0.717) is 6.61 Å². The summed E-state index contributed by atoms with van der Waals surface area (Å²) in [4.78, 5) is 0. The molecule has 0 heterocycles. The van der Waals surface area contributed by atoms with E-state index in [1.807, 2.05) is 91.0 Å². The quantitative estimate of drug-likeness (QED) is 0.563. The lowest BCUT2D eigenvalue weighted by Gasteiger charge is -2.28.